The van der Waals surface area contributed by atoms with Gasteiger partial charge < -0.3 is 28.8 Å². The van der Waals surface area contributed by atoms with E-state index in [0.717, 1.165) is 46.9 Å². The number of aryl methyl sites for hydroxylation is 1. The van der Waals surface area contributed by atoms with Gasteiger partial charge in [-0.3, -0.25) is 4.79 Å². The number of ether oxygens (including phenoxy) is 4. The molecule has 0 aliphatic heterocycles. The maximum atomic E-state index is 12.6. The predicted octanol–water partition coefficient (Wildman–Crippen LogP) is 4.43. The van der Waals surface area contributed by atoms with Crippen molar-refractivity contribution in [2.24, 2.45) is 0 Å². The van der Waals surface area contributed by atoms with Crippen LogP contribution >= 0.6 is 0 Å². The van der Waals surface area contributed by atoms with E-state index in [1.807, 2.05) is 60.7 Å². The Morgan fingerprint density at radius 1 is 0.892 bits per heavy atom. The van der Waals surface area contributed by atoms with Gasteiger partial charge in [0, 0.05) is 25.6 Å². The Morgan fingerprint density at radius 2 is 1.70 bits per heavy atom. The lowest BCUT2D eigenvalue weighted by Crippen LogP contribution is -2.28. The molecule has 1 heterocycles. The molecule has 4 aromatic rings. The number of imidazole rings is 1. The molecule has 1 aromatic heterocycles. The number of para-hydroxylation sites is 2. The highest BCUT2D eigenvalue weighted by atomic mass is 16.5. The molecule has 3 aromatic carbocycles. The first-order valence-corrected chi connectivity index (χ1v) is 12.3. The summed E-state index contributed by atoms with van der Waals surface area (Å²) in [5.41, 5.74) is 2.89. The molecule has 0 aliphatic carbocycles. The van der Waals surface area contributed by atoms with Crippen molar-refractivity contribution in [2.75, 3.05) is 34.5 Å². The summed E-state index contributed by atoms with van der Waals surface area (Å²) in [5, 5.41) is 3.02. The number of benzene rings is 3. The molecule has 0 fully saturated rings. The zero-order valence-electron chi connectivity index (χ0n) is 21.5. The number of carbonyl (C=O) groups is 1. The molecule has 8 nitrogen and oxygen atoms in total. The number of methoxy groups -OCH3 is 3. The molecule has 0 aliphatic rings. The molecule has 4 rings (SSSR count). The molecule has 0 saturated carbocycles. The molecule has 1 N–H and O–H groups in total. The van der Waals surface area contributed by atoms with Gasteiger partial charge >= 0.3 is 0 Å². The Labute approximate surface area is 217 Å². The Bertz CT molecular complexity index is 1330. The summed E-state index contributed by atoms with van der Waals surface area (Å²) in [7, 11) is 4.81. The van der Waals surface area contributed by atoms with Crippen LogP contribution in [0.1, 0.15) is 17.8 Å². The van der Waals surface area contributed by atoms with E-state index in [2.05, 4.69) is 16.0 Å². The zero-order chi connectivity index (χ0) is 26.0. The van der Waals surface area contributed by atoms with E-state index < -0.39 is 0 Å². The highest BCUT2D eigenvalue weighted by molar-refractivity contribution is 5.79. The first-order valence-electron chi connectivity index (χ1n) is 12.3. The molecular weight excluding hydrogens is 470 g/mol. The van der Waals surface area contributed by atoms with E-state index in [-0.39, 0.29) is 12.3 Å². The largest absolute Gasteiger partial charge is 0.497 e. The van der Waals surface area contributed by atoms with Gasteiger partial charge in [0.1, 0.15) is 17.3 Å². The highest BCUT2D eigenvalue weighted by Crippen LogP contribution is 2.27. The second-order valence-corrected chi connectivity index (χ2v) is 8.52. The van der Waals surface area contributed by atoms with E-state index in [1.54, 1.807) is 21.3 Å². The van der Waals surface area contributed by atoms with Gasteiger partial charge in [0.15, 0.2) is 11.5 Å². The minimum absolute atomic E-state index is 0.0541. The number of hydrogen-bond acceptors (Lipinski definition) is 6. The van der Waals surface area contributed by atoms with Crippen molar-refractivity contribution in [3.05, 3.63) is 78.1 Å². The quantitative estimate of drug-likeness (QED) is 0.272. The Kier molecular flexibility index (Phi) is 8.86. The van der Waals surface area contributed by atoms with Crippen LogP contribution in [0.3, 0.4) is 0 Å². The number of rotatable bonds is 13. The lowest BCUT2D eigenvalue weighted by Gasteiger charge is -2.12. The zero-order valence-corrected chi connectivity index (χ0v) is 21.5. The topological polar surface area (TPSA) is 83.8 Å². The minimum Gasteiger partial charge on any atom is -0.497 e. The van der Waals surface area contributed by atoms with Gasteiger partial charge in [-0.05, 0) is 48.4 Å². The van der Waals surface area contributed by atoms with Crippen molar-refractivity contribution in [3.8, 4) is 23.0 Å². The maximum Gasteiger partial charge on any atom is 0.224 e. The third-order valence-electron chi connectivity index (χ3n) is 6.05. The van der Waals surface area contributed by atoms with Crippen LogP contribution in [0, 0.1) is 0 Å². The number of nitrogens with one attached hydrogen (secondary N) is 1. The van der Waals surface area contributed by atoms with E-state index in [9.17, 15) is 4.79 Å². The van der Waals surface area contributed by atoms with Crippen LogP contribution < -0.4 is 24.3 Å². The molecule has 0 radical (unpaired) electrons. The van der Waals surface area contributed by atoms with E-state index in [0.29, 0.717) is 31.1 Å². The summed E-state index contributed by atoms with van der Waals surface area (Å²) < 4.78 is 24.0. The predicted molar refractivity (Wildman–Crippen MR) is 143 cm³/mol. The number of hydrogen-bond donors (Lipinski definition) is 1. The average molecular weight is 504 g/mol. The Morgan fingerprint density at radius 3 is 2.51 bits per heavy atom. The smallest absolute Gasteiger partial charge is 0.224 e. The van der Waals surface area contributed by atoms with Gasteiger partial charge in [-0.2, -0.15) is 0 Å². The molecule has 0 unspecified atom stereocenters. The molecule has 37 heavy (non-hydrogen) atoms. The minimum atomic E-state index is -0.0541. The van der Waals surface area contributed by atoms with Gasteiger partial charge in [-0.25, -0.2) is 4.98 Å². The third-order valence-corrected chi connectivity index (χ3v) is 6.05. The molecule has 1 amide bonds. The van der Waals surface area contributed by atoms with Crippen LogP contribution in [0.2, 0.25) is 0 Å². The summed E-state index contributed by atoms with van der Waals surface area (Å²) in [6, 6.07) is 21.2. The molecule has 0 saturated heterocycles. The fourth-order valence-corrected chi connectivity index (χ4v) is 4.22. The van der Waals surface area contributed by atoms with Crippen LogP contribution in [-0.4, -0.2) is 49.9 Å². The fraction of sp³-hybridized carbons (Fsp3) is 0.310. The van der Waals surface area contributed by atoms with Crippen LogP contribution in [0.15, 0.2) is 66.7 Å². The van der Waals surface area contributed by atoms with Crippen molar-refractivity contribution >= 4 is 16.9 Å². The summed E-state index contributed by atoms with van der Waals surface area (Å²) in [5.74, 6) is 3.69. The van der Waals surface area contributed by atoms with Crippen LogP contribution in [0.4, 0.5) is 0 Å². The lowest BCUT2D eigenvalue weighted by molar-refractivity contribution is -0.120. The fourth-order valence-electron chi connectivity index (χ4n) is 4.22. The van der Waals surface area contributed by atoms with Gasteiger partial charge in [0.05, 0.1) is 45.4 Å². The Balaban J connectivity index is 1.33. The summed E-state index contributed by atoms with van der Waals surface area (Å²) in [4.78, 5) is 17.4. The van der Waals surface area contributed by atoms with Crippen LogP contribution in [0.25, 0.3) is 11.0 Å². The normalized spacial score (nSPS) is 10.8. The standard InChI is InChI=1S/C29H33N3O5/c1-34-22-8-6-9-23(20-22)37-17-7-16-32-25-11-5-4-10-24(25)31-28(32)14-15-30-29(33)19-21-12-13-26(35-2)27(18-21)36-3/h4-6,8-13,18,20H,7,14-17,19H2,1-3H3,(H,30,33). The van der Waals surface area contributed by atoms with Gasteiger partial charge in [-0.15, -0.1) is 0 Å². The van der Waals surface area contributed by atoms with Gasteiger partial charge in [0.2, 0.25) is 5.91 Å². The molecule has 0 spiro atoms. The molecule has 0 atom stereocenters. The first kappa shape index (κ1) is 25.9. The van der Waals surface area contributed by atoms with Crippen molar-refractivity contribution in [3.63, 3.8) is 0 Å². The molecule has 8 heteroatoms. The second-order valence-electron chi connectivity index (χ2n) is 8.52. The first-order chi connectivity index (χ1) is 18.1. The molecule has 0 bridgehead atoms. The Hall–Kier alpha value is -4.20. The number of amides is 1. The van der Waals surface area contributed by atoms with E-state index in [4.69, 9.17) is 23.9 Å². The van der Waals surface area contributed by atoms with Crippen molar-refractivity contribution < 1.29 is 23.7 Å². The molecular formula is C29H33N3O5. The monoisotopic (exact) mass is 503 g/mol. The van der Waals surface area contributed by atoms with Gasteiger partial charge in [-0.1, -0.05) is 24.3 Å². The van der Waals surface area contributed by atoms with E-state index in [1.165, 1.54) is 0 Å². The van der Waals surface area contributed by atoms with Crippen molar-refractivity contribution in [1.29, 1.82) is 0 Å². The van der Waals surface area contributed by atoms with Crippen molar-refractivity contribution in [1.82, 2.24) is 14.9 Å². The maximum absolute atomic E-state index is 12.6. The summed E-state index contributed by atoms with van der Waals surface area (Å²) in [6.07, 6.45) is 1.71. The van der Waals surface area contributed by atoms with Crippen molar-refractivity contribution in [2.45, 2.75) is 25.8 Å². The number of nitrogens with zero attached hydrogens (tertiary/aromatic N) is 2. The SMILES string of the molecule is COc1cccc(OCCCn2c(CCNC(=O)Cc3ccc(OC)c(OC)c3)nc3ccccc32)c1. The van der Waals surface area contributed by atoms with Gasteiger partial charge in [0.25, 0.3) is 0 Å². The van der Waals surface area contributed by atoms with E-state index >= 15 is 0 Å². The average Bonchev–Trinajstić information content (AvgIpc) is 3.28. The highest BCUT2D eigenvalue weighted by Gasteiger charge is 2.12. The second kappa shape index (κ2) is 12.7. The third kappa shape index (κ3) is 6.73. The summed E-state index contributed by atoms with van der Waals surface area (Å²) >= 11 is 0. The lowest BCUT2D eigenvalue weighted by atomic mass is 10.1. The number of carbonyl (C=O) groups excluding carboxylic acids is 1. The summed E-state index contributed by atoms with van der Waals surface area (Å²) in [6.45, 7) is 1.83. The molecule has 194 valence electrons. The number of aromatic nitrogens is 2. The van der Waals surface area contributed by atoms with Crippen LogP contribution in [-0.2, 0) is 24.2 Å². The number of fused-ring (bicyclic) bond motifs is 1. The van der Waals surface area contributed by atoms with Crippen LogP contribution in [0.5, 0.6) is 23.0 Å².